The molecule has 2 aliphatic rings. The summed E-state index contributed by atoms with van der Waals surface area (Å²) in [5.41, 5.74) is 11.5. The highest BCUT2D eigenvalue weighted by molar-refractivity contribution is 6.95. The summed E-state index contributed by atoms with van der Waals surface area (Å²) >= 11 is 0. The lowest BCUT2D eigenvalue weighted by Gasteiger charge is -2.44. The number of anilines is 5. The molecule has 0 bridgehead atoms. The van der Waals surface area contributed by atoms with Gasteiger partial charge in [0, 0.05) is 34.1 Å². The van der Waals surface area contributed by atoms with Crippen LogP contribution in [0.2, 0.25) is 0 Å². The Morgan fingerprint density at radius 2 is 1.15 bits per heavy atom. The normalized spacial score (nSPS) is 14.5. The lowest BCUT2D eigenvalue weighted by Crippen LogP contribution is -2.55. The summed E-state index contributed by atoms with van der Waals surface area (Å²) in [6.45, 7) is 4.62. The minimum absolute atomic E-state index is 0.221. The maximum atomic E-state index is 2.42. The Kier molecular flexibility index (Phi) is 4.69. The van der Waals surface area contributed by atoms with Gasteiger partial charge in [-0.15, -0.1) is 0 Å². The summed E-state index contributed by atoms with van der Waals surface area (Å²) in [5, 5.41) is 0. The van der Waals surface area contributed by atoms with Gasteiger partial charge >= 0.3 is 0 Å². The number of para-hydroxylation sites is 3. The van der Waals surface area contributed by atoms with E-state index in [1.165, 1.54) is 50.5 Å². The van der Waals surface area contributed by atoms with Gasteiger partial charge in [0.05, 0.1) is 0 Å². The highest BCUT2D eigenvalue weighted by Gasteiger charge is 2.42. The maximum absolute atomic E-state index is 2.42. The van der Waals surface area contributed by atoms with E-state index in [1.54, 1.807) is 0 Å². The Hall–Kier alpha value is -3.98. The van der Waals surface area contributed by atoms with E-state index in [4.69, 9.17) is 0 Å². The van der Waals surface area contributed by atoms with Crippen LogP contribution in [-0.4, -0.2) is 6.71 Å². The van der Waals surface area contributed by atoms with E-state index in [2.05, 4.69) is 139 Å². The molecule has 0 atom stereocenters. The Labute approximate surface area is 196 Å². The van der Waals surface area contributed by atoms with Crippen molar-refractivity contribution >= 4 is 46.1 Å². The number of nitrogens with zero attached hydrogens (tertiary/aromatic N) is 2. The van der Waals surface area contributed by atoms with Crippen LogP contribution >= 0.6 is 0 Å². The highest BCUT2D eigenvalue weighted by Crippen LogP contribution is 2.43. The first-order valence-electron chi connectivity index (χ1n) is 11.5. The monoisotopic (exact) mass is 424 g/mol. The van der Waals surface area contributed by atoms with Crippen LogP contribution in [0.1, 0.15) is 13.8 Å². The van der Waals surface area contributed by atoms with E-state index in [-0.39, 0.29) is 6.71 Å². The van der Waals surface area contributed by atoms with Crippen molar-refractivity contribution in [1.82, 2.24) is 0 Å². The molecule has 4 aromatic carbocycles. The molecule has 6 rings (SSSR count). The van der Waals surface area contributed by atoms with Crippen molar-refractivity contribution in [2.75, 3.05) is 9.80 Å². The predicted molar refractivity (Wildman–Crippen MR) is 142 cm³/mol. The molecule has 0 spiro atoms. The summed E-state index contributed by atoms with van der Waals surface area (Å²) in [6, 6.07) is 37.0. The van der Waals surface area contributed by atoms with Crippen LogP contribution in [0.15, 0.2) is 126 Å². The van der Waals surface area contributed by atoms with Crippen molar-refractivity contribution in [2.24, 2.45) is 0 Å². The second-order valence-electron chi connectivity index (χ2n) is 8.61. The van der Waals surface area contributed by atoms with E-state index >= 15 is 0 Å². The van der Waals surface area contributed by atoms with Crippen LogP contribution in [-0.2, 0) is 0 Å². The number of hydrogen-bond donors (Lipinski definition) is 0. The topological polar surface area (TPSA) is 6.48 Å². The number of benzene rings is 4. The Balaban J connectivity index is 1.70. The Bertz CT molecular complexity index is 1390. The molecule has 3 heteroatoms. The molecule has 0 aromatic heterocycles. The number of rotatable bonds is 3. The third-order valence-corrected chi connectivity index (χ3v) is 6.75. The molecule has 0 aliphatic carbocycles. The van der Waals surface area contributed by atoms with E-state index in [0.29, 0.717) is 0 Å². The van der Waals surface area contributed by atoms with Crippen molar-refractivity contribution in [3.8, 4) is 0 Å². The summed E-state index contributed by atoms with van der Waals surface area (Å²) in [6.07, 6.45) is 4.40. The minimum atomic E-state index is 0.221. The molecule has 0 saturated carbocycles. The number of allylic oxidation sites excluding steroid dienone is 3. The Morgan fingerprint density at radius 3 is 1.82 bits per heavy atom. The van der Waals surface area contributed by atoms with Crippen molar-refractivity contribution in [2.45, 2.75) is 13.8 Å². The molecule has 158 valence electrons. The molecule has 0 fully saturated rings. The van der Waals surface area contributed by atoms with Gasteiger partial charge in [-0.05, 0) is 73.3 Å². The molecule has 0 radical (unpaired) electrons. The van der Waals surface area contributed by atoms with Crippen LogP contribution in [0.25, 0.3) is 0 Å². The average Bonchev–Trinajstić information content (AvgIpc) is 2.87. The molecule has 2 heterocycles. The van der Waals surface area contributed by atoms with Gasteiger partial charge in [-0.2, -0.15) is 0 Å². The zero-order valence-corrected chi connectivity index (χ0v) is 18.9. The predicted octanol–water partition coefficient (Wildman–Crippen LogP) is 6.62. The fourth-order valence-corrected chi connectivity index (χ4v) is 5.43. The molecular formula is C30H25BN2. The molecule has 2 aliphatic heterocycles. The minimum Gasteiger partial charge on any atom is -0.312 e. The molecule has 0 saturated heterocycles. The summed E-state index contributed by atoms with van der Waals surface area (Å²) in [4.78, 5) is 4.84. The van der Waals surface area contributed by atoms with Gasteiger partial charge in [-0.3, -0.25) is 0 Å². The SMILES string of the molecule is C/C=C\C1=C(C)B2c3ccccc3N(c3ccccc3)c3cccc(c32)N1c1ccccc1. The van der Waals surface area contributed by atoms with Crippen LogP contribution in [0.5, 0.6) is 0 Å². The van der Waals surface area contributed by atoms with Crippen molar-refractivity contribution in [3.63, 3.8) is 0 Å². The van der Waals surface area contributed by atoms with Gasteiger partial charge < -0.3 is 9.80 Å². The Morgan fingerprint density at radius 1 is 0.606 bits per heavy atom. The highest BCUT2D eigenvalue weighted by atomic mass is 15.2. The second-order valence-corrected chi connectivity index (χ2v) is 8.61. The summed E-state index contributed by atoms with van der Waals surface area (Å²) in [5.74, 6) is 0. The quantitative estimate of drug-likeness (QED) is 0.341. The molecule has 0 amide bonds. The van der Waals surface area contributed by atoms with E-state index in [0.717, 1.165) is 0 Å². The third-order valence-electron chi connectivity index (χ3n) is 6.75. The van der Waals surface area contributed by atoms with Gasteiger partial charge in [0.15, 0.2) is 0 Å². The van der Waals surface area contributed by atoms with Gasteiger partial charge in [0.1, 0.15) is 0 Å². The standard InChI is InChI=1S/C30H25BN2/c1-3-13-26-22(2)31-25-18-10-11-19-27(25)33(24-16-8-5-9-17-24)29-21-12-20-28(30(29)31)32(26)23-14-6-4-7-15-23/h3-21H,1-2H3/b13-3-. The van der Waals surface area contributed by atoms with Crippen LogP contribution in [0.4, 0.5) is 28.4 Å². The van der Waals surface area contributed by atoms with E-state index in [1.807, 2.05) is 0 Å². The molecule has 33 heavy (non-hydrogen) atoms. The summed E-state index contributed by atoms with van der Waals surface area (Å²) in [7, 11) is 0. The zero-order chi connectivity index (χ0) is 22.4. The fraction of sp³-hybridized carbons (Fsp3) is 0.0667. The van der Waals surface area contributed by atoms with Crippen molar-refractivity contribution in [1.29, 1.82) is 0 Å². The zero-order valence-electron chi connectivity index (χ0n) is 18.9. The van der Waals surface area contributed by atoms with Gasteiger partial charge in [-0.25, -0.2) is 0 Å². The lowest BCUT2D eigenvalue weighted by atomic mass is 9.33. The lowest BCUT2D eigenvalue weighted by molar-refractivity contribution is 1.17. The first-order valence-corrected chi connectivity index (χ1v) is 11.5. The van der Waals surface area contributed by atoms with Gasteiger partial charge in [0.2, 0.25) is 6.71 Å². The molecule has 0 unspecified atom stereocenters. The molecule has 0 N–H and O–H groups in total. The molecule has 2 nitrogen and oxygen atoms in total. The fourth-order valence-electron chi connectivity index (χ4n) is 5.43. The molecular weight excluding hydrogens is 399 g/mol. The number of fused-ring (bicyclic) bond motifs is 2. The van der Waals surface area contributed by atoms with Crippen molar-refractivity contribution in [3.05, 3.63) is 126 Å². The number of hydrogen-bond acceptors (Lipinski definition) is 2. The van der Waals surface area contributed by atoms with Crippen LogP contribution in [0.3, 0.4) is 0 Å². The molecule has 4 aromatic rings. The van der Waals surface area contributed by atoms with E-state index < -0.39 is 0 Å². The van der Waals surface area contributed by atoms with Gasteiger partial charge in [0.25, 0.3) is 0 Å². The second kappa shape index (κ2) is 7.86. The summed E-state index contributed by atoms with van der Waals surface area (Å²) < 4.78 is 0. The smallest absolute Gasteiger partial charge is 0.247 e. The maximum Gasteiger partial charge on any atom is 0.247 e. The van der Waals surface area contributed by atoms with Crippen molar-refractivity contribution < 1.29 is 0 Å². The van der Waals surface area contributed by atoms with Crippen LogP contribution < -0.4 is 20.7 Å². The first kappa shape index (κ1) is 19.7. The van der Waals surface area contributed by atoms with Gasteiger partial charge in [-0.1, -0.05) is 72.2 Å². The largest absolute Gasteiger partial charge is 0.312 e. The van der Waals surface area contributed by atoms with E-state index in [9.17, 15) is 0 Å². The third kappa shape index (κ3) is 2.96. The average molecular weight is 424 g/mol. The first-order chi connectivity index (χ1) is 16.3. The van der Waals surface area contributed by atoms with Crippen LogP contribution in [0, 0.1) is 0 Å².